The molecule has 4 aromatic rings. The number of unbranched alkanes of at least 4 members (excludes halogenated alkanes) is 2. The second-order valence-electron chi connectivity index (χ2n) is 10.7. The number of nitrogens with zero attached hydrogens (tertiary/aromatic N) is 3. The van der Waals surface area contributed by atoms with Crippen molar-refractivity contribution in [3.63, 3.8) is 0 Å². The normalized spacial score (nSPS) is 15.7. The van der Waals surface area contributed by atoms with Crippen molar-refractivity contribution in [1.29, 1.82) is 0 Å². The van der Waals surface area contributed by atoms with Gasteiger partial charge < -0.3 is 19.3 Å². The summed E-state index contributed by atoms with van der Waals surface area (Å²) in [5, 5.41) is 21.1. The Kier molecular flexibility index (Phi) is 11.8. The molecule has 2 heterocycles. The highest BCUT2D eigenvalue weighted by Gasteiger charge is 2.48. The molecular weight excluding hydrogens is 658 g/mol. The first-order chi connectivity index (χ1) is 22.9. The lowest BCUT2D eigenvalue weighted by atomic mass is 9.95. The van der Waals surface area contributed by atoms with Gasteiger partial charge in [-0.15, -0.1) is 10.2 Å². The van der Waals surface area contributed by atoms with Gasteiger partial charge in [-0.1, -0.05) is 85.7 Å². The van der Waals surface area contributed by atoms with Crippen LogP contribution < -0.4 is 19.1 Å². The number of carbonyl (C=O) groups is 2. The number of ether oxygens (including phenoxy) is 3. The van der Waals surface area contributed by atoms with Crippen LogP contribution in [0.1, 0.15) is 62.3 Å². The fourth-order valence-electron chi connectivity index (χ4n) is 5.05. The molecule has 12 heteroatoms. The molecule has 3 aromatic carbocycles. The van der Waals surface area contributed by atoms with Crippen LogP contribution in [0.15, 0.2) is 76.6 Å². The van der Waals surface area contributed by atoms with E-state index < -0.39 is 17.7 Å². The van der Waals surface area contributed by atoms with E-state index in [4.69, 9.17) is 25.8 Å². The first kappa shape index (κ1) is 34.3. The number of halogens is 1. The van der Waals surface area contributed by atoms with Gasteiger partial charge in [0.1, 0.15) is 11.5 Å². The number of ketones is 1. The lowest BCUT2D eigenvalue weighted by molar-refractivity contribution is -0.132. The first-order valence-electron chi connectivity index (χ1n) is 15.4. The van der Waals surface area contributed by atoms with Crippen molar-refractivity contribution in [2.45, 2.75) is 55.7 Å². The highest BCUT2D eigenvalue weighted by Crippen LogP contribution is 2.46. The first-order valence-corrected chi connectivity index (χ1v) is 17.6. The Labute approximate surface area is 287 Å². The lowest BCUT2D eigenvalue weighted by Gasteiger charge is -2.23. The minimum Gasteiger partial charge on any atom is -0.507 e. The number of aliphatic hydroxyl groups excluding tert-OH is 1. The van der Waals surface area contributed by atoms with E-state index in [0.717, 1.165) is 31.2 Å². The van der Waals surface area contributed by atoms with Gasteiger partial charge in [-0.05, 0) is 66.4 Å². The fraction of sp³-hybridized carbons (Fsp3) is 0.314. The van der Waals surface area contributed by atoms with Gasteiger partial charge in [0.25, 0.3) is 5.78 Å². The van der Waals surface area contributed by atoms with E-state index >= 15 is 0 Å². The van der Waals surface area contributed by atoms with Crippen molar-refractivity contribution in [2.75, 3.05) is 25.2 Å². The fourth-order valence-corrected chi connectivity index (χ4v) is 7.20. The number of methoxy groups -OCH3 is 1. The van der Waals surface area contributed by atoms with E-state index in [0.29, 0.717) is 56.7 Å². The van der Waals surface area contributed by atoms with Gasteiger partial charge in [0.2, 0.25) is 5.13 Å². The van der Waals surface area contributed by atoms with E-state index in [1.165, 1.54) is 35.1 Å². The minimum atomic E-state index is -1.01. The van der Waals surface area contributed by atoms with Crippen LogP contribution in [0.5, 0.6) is 17.2 Å². The number of aliphatic hydroxyl groups is 1. The van der Waals surface area contributed by atoms with E-state index in [-0.39, 0.29) is 16.5 Å². The summed E-state index contributed by atoms with van der Waals surface area (Å²) >= 11 is 8.94. The number of amides is 1. The van der Waals surface area contributed by atoms with E-state index in [1.807, 2.05) is 31.2 Å². The predicted molar refractivity (Wildman–Crippen MR) is 186 cm³/mol. The molecule has 1 aromatic heterocycles. The second kappa shape index (κ2) is 16.2. The summed E-state index contributed by atoms with van der Waals surface area (Å²) in [6, 6.07) is 18.5. The molecular formula is C35H36ClN3O6S2. The molecule has 1 unspecified atom stereocenters. The Morgan fingerprint density at radius 3 is 2.47 bits per heavy atom. The van der Waals surface area contributed by atoms with Crippen LogP contribution in [-0.2, 0) is 15.3 Å². The minimum absolute atomic E-state index is 0.0728. The largest absolute Gasteiger partial charge is 0.507 e. The van der Waals surface area contributed by atoms with Crippen LogP contribution in [0.2, 0.25) is 5.02 Å². The third-order valence-corrected chi connectivity index (χ3v) is 9.94. The number of hydrogen-bond acceptors (Lipinski definition) is 10. The molecule has 0 aliphatic carbocycles. The molecule has 1 aliphatic rings. The number of hydrogen-bond donors (Lipinski definition) is 1. The number of thioether (sulfide) groups is 1. The lowest BCUT2D eigenvalue weighted by Crippen LogP contribution is -2.29. The average Bonchev–Trinajstić information content (AvgIpc) is 3.66. The van der Waals surface area contributed by atoms with Crippen LogP contribution in [0.25, 0.3) is 5.76 Å². The van der Waals surface area contributed by atoms with Gasteiger partial charge in [-0.3, -0.25) is 14.5 Å². The Balaban J connectivity index is 1.53. The van der Waals surface area contributed by atoms with Gasteiger partial charge in [0.15, 0.2) is 15.8 Å². The highest BCUT2D eigenvalue weighted by molar-refractivity contribution is 8.00. The molecule has 246 valence electrons. The summed E-state index contributed by atoms with van der Waals surface area (Å²) in [4.78, 5) is 28.7. The van der Waals surface area contributed by atoms with E-state index in [9.17, 15) is 14.7 Å². The maximum Gasteiger partial charge on any atom is 0.301 e. The van der Waals surface area contributed by atoms with Crippen molar-refractivity contribution < 1.29 is 28.9 Å². The molecule has 1 N–H and O–H groups in total. The topological polar surface area (TPSA) is 111 Å². The third kappa shape index (κ3) is 7.91. The standard InChI is InChI=1S/C35H36ClN3O6S2/c1-4-6-9-19-45-27-17-14-23(20-28(27)43-3)30-29(31(40)22-12-15-25(16-13-22)44-18-5-2)32(41)33(42)39(30)34-37-38-35(47-34)46-21-24-10-7-8-11-26(24)36/h7-8,10-17,20,30,40H,4-6,9,18-19,21H2,1-3H3/b31-29-. The molecule has 9 nitrogen and oxygen atoms in total. The Morgan fingerprint density at radius 1 is 0.957 bits per heavy atom. The van der Waals surface area contributed by atoms with Crippen molar-refractivity contribution in [2.24, 2.45) is 0 Å². The van der Waals surface area contributed by atoms with Crippen LogP contribution in [0.3, 0.4) is 0 Å². The van der Waals surface area contributed by atoms with Gasteiger partial charge in [0.05, 0.1) is 31.9 Å². The van der Waals surface area contributed by atoms with Crippen LogP contribution in [0.4, 0.5) is 5.13 Å². The molecule has 1 fully saturated rings. The molecule has 1 saturated heterocycles. The predicted octanol–water partition coefficient (Wildman–Crippen LogP) is 8.48. The molecule has 0 bridgehead atoms. The van der Waals surface area contributed by atoms with E-state index in [1.54, 1.807) is 42.5 Å². The summed E-state index contributed by atoms with van der Waals surface area (Å²) in [7, 11) is 1.53. The molecule has 0 radical (unpaired) electrons. The van der Waals surface area contributed by atoms with Crippen molar-refractivity contribution in [1.82, 2.24) is 10.2 Å². The summed E-state index contributed by atoms with van der Waals surface area (Å²) in [6.45, 7) is 5.22. The quantitative estimate of drug-likeness (QED) is 0.0327. The zero-order valence-electron chi connectivity index (χ0n) is 26.4. The molecule has 0 saturated carbocycles. The average molecular weight is 694 g/mol. The maximum atomic E-state index is 13.7. The smallest absolute Gasteiger partial charge is 0.301 e. The Hall–Kier alpha value is -4.06. The number of aromatic nitrogens is 2. The molecule has 1 amide bonds. The van der Waals surface area contributed by atoms with E-state index in [2.05, 4.69) is 17.1 Å². The zero-order chi connectivity index (χ0) is 33.3. The molecule has 47 heavy (non-hydrogen) atoms. The molecule has 1 aliphatic heterocycles. The SMILES string of the molecule is CCCCCOc1ccc(C2/C(=C(/O)c3ccc(OCCC)cc3)C(=O)C(=O)N2c2nnc(SCc3ccccc3Cl)s2)cc1OC. The number of Topliss-reactive ketones (excluding diaryl/α,β-unsaturated/α-hetero) is 1. The van der Waals surface area contributed by atoms with Gasteiger partial charge in [-0.2, -0.15) is 0 Å². The summed E-state index contributed by atoms with van der Waals surface area (Å²) in [5.41, 5.74) is 1.77. The summed E-state index contributed by atoms with van der Waals surface area (Å²) in [5.74, 6) is 0.197. The molecule has 0 spiro atoms. The Morgan fingerprint density at radius 2 is 1.74 bits per heavy atom. The number of anilines is 1. The molecule has 5 rings (SSSR count). The maximum absolute atomic E-state index is 13.7. The van der Waals surface area contributed by atoms with Crippen LogP contribution in [-0.4, -0.2) is 47.3 Å². The monoisotopic (exact) mass is 693 g/mol. The van der Waals surface area contributed by atoms with Crippen molar-refractivity contribution in [3.8, 4) is 17.2 Å². The zero-order valence-corrected chi connectivity index (χ0v) is 28.8. The van der Waals surface area contributed by atoms with Crippen LogP contribution >= 0.6 is 34.7 Å². The summed E-state index contributed by atoms with van der Waals surface area (Å²) in [6.07, 6.45) is 3.86. The van der Waals surface area contributed by atoms with Gasteiger partial charge >= 0.3 is 5.91 Å². The highest BCUT2D eigenvalue weighted by atomic mass is 35.5. The number of rotatable bonds is 15. The van der Waals surface area contributed by atoms with Gasteiger partial charge in [0, 0.05) is 16.3 Å². The summed E-state index contributed by atoms with van der Waals surface area (Å²) < 4.78 is 17.9. The van der Waals surface area contributed by atoms with Gasteiger partial charge in [-0.25, -0.2) is 0 Å². The van der Waals surface area contributed by atoms with Crippen LogP contribution in [0, 0.1) is 0 Å². The Bertz CT molecular complexity index is 1740. The number of benzene rings is 3. The molecule has 1 atom stereocenters. The second-order valence-corrected chi connectivity index (χ2v) is 13.3. The number of carbonyl (C=O) groups excluding carboxylic acids is 2. The van der Waals surface area contributed by atoms with Crippen molar-refractivity contribution >= 4 is 57.3 Å². The third-order valence-electron chi connectivity index (χ3n) is 7.46. The van der Waals surface area contributed by atoms with Crippen molar-refractivity contribution in [3.05, 3.63) is 94.0 Å².